The fourth-order valence-electron chi connectivity index (χ4n) is 2.78. The van der Waals surface area contributed by atoms with Crippen LogP contribution in [0.3, 0.4) is 0 Å². The van der Waals surface area contributed by atoms with Crippen LogP contribution in [-0.2, 0) is 0 Å². The van der Waals surface area contributed by atoms with E-state index in [0.29, 0.717) is 5.92 Å². The quantitative estimate of drug-likeness (QED) is 0.898. The molecule has 3 rings (SSSR count). The first-order chi connectivity index (χ1) is 9.22. The first-order valence-electron chi connectivity index (χ1n) is 6.90. The van der Waals surface area contributed by atoms with E-state index in [1.807, 2.05) is 19.1 Å². The van der Waals surface area contributed by atoms with Gasteiger partial charge in [0, 0.05) is 23.9 Å². The normalized spacial score (nSPS) is 20.6. The summed E-state index contributed by atoms with van der Waals surface area (Å²) in [7, 11) is 2.19. The monoisotopic (exact) mass is 256 g/mol. The van der Waals surface area contributed by atoms with Crippen molar-refractivity contribution < 1.29 is 0 Å². The largest absolute Gasteiger partial charge is 0.306 e. The first kappa shape index (κ1) is 12.4. The van der Waals surface area contributed by atoms with E-state index in [2.05, 4.69) is 34.3 Å². The minimum Gasteiger partial charge on any atom is -0.306 e. The molecule has 2 aromatic heterocycles. The minimum atomic E-state index is 0.554. The first-order valence-corrected chi connectivity index (χ1v) is 6.90. The molecule has 100 valence electrons. The molecule has 1 aliphatic rings. The van der Waals surface area contributed by atoms with E-state index in [1.165, 1.54) is 25.1 Å². The molecule has 0 bridgehead atoms. The molecule has 0 saturated carbocycles. The maximum atomic E-state index is 4.81. The summed E-state index contributed by atoms with van der Waals surface area (Å²) in [5.41, 5.74) is 4.17. The summed E-state index contributed by atoms with van der Waals surface area (Å²) >= 11 is 0. The second kappa shape index (κ2) is 5.13. The number of hydrogen-bond acceptors (Lipinski definition) is 3. The Kier molecular flexibility index (Phi) is 3.34. The topological polar surface area (TPSA) is 44.8 Å². The van der Waals surface area contributed by atoms with Gasteiger partial charge in [-0.25, -0.2) is 0 Å². The predicted molar refractivity (Wildman–Crippen MR) is 76.0 cm³/mol. The number of nitrogens with zero attached hydrogens (tertiary/aromatic N) is 3. The molecule has 0 amide bonds. The molecule has 0 aromatic carbocycles. The number of pyridine rings is 1. The third-order valence-corrected chi connectivity index (χ3v) is 3.78. The van der Waals surface area contributed by atoms with Crippen LogP contribution in [0.15, 0.2) is 24.3 Å². The SMILES string of the molecule is Cc1cc(-c2cccc(C3CCCN(C)C3)n2)n[nH]1. The average molecular weight is 256 g/mol. The predicted octanol–water partition coefficient (Wildman–Crippen LogP) is 2.59. The zero-order chi connectivity index (χ0) is 13.2. The lowest BCUT2D eigenvalue weighted by atomic mass is 9.94. The molecule has 1 aliphatic heterocycles. The number of aryl methyl sites for hydroxylation is 1. The number of piperidine rings is 1. The van der Waals surface area contributed by atoms with Crippen LogP contribution in [-0.4, -0.2) is 40.2 Å². The van der Waals surface area contributed by atoms with Gasteiger partial charge in [0.15, 0.2) is 0 Å². The van der Waals surface area contributed by atoms with Gasteiger partial charge in [-0.2, -0.15) is 5.10 Å². The Morgan fingerprint density at radius 2 is 2.21 bits per heavy atom. The fraction of sp³-hybridized carbons (Fsp3) is 0.467. The van der Waals surface area contributed by atoms with E-state index in [9.17, 15) is 0 Å². The second-order valence-corrected chi connectivity index (χ2v) is 5.49. The van der Waals surface area contributed by atoms with Gasteiger partial charge in [-0.3, -0.25) is 10.1 Å². The zero-order valence-corrected chi connectivity index (χ0v) is 11.6. The molecule has 4 heteroatoms. The minimum absolute atomic E-state index is 0.554. The molecule has 2 aromatic rings. The van der Waals surface area contributed by atoms with Crippen LogP contribution >= 0.6 is 0 Å². The van der Waals surface area contributed by atoms with Crippen LogP contribution < -0.4 is 0 Å². The van der Waals surface area contributed by atoms with Crippen molar-refractivity contribution in [3.8, 4) is 11.4 Å². The van der Waals surface area contributed by atoms with E-state index >= 15 is 0 Å². The molecule has 1 fully saturated rings. The lowest BCUT2D eigenvalue weighted by molar-refractivity contribution is 0.248. The molecule has 1 atom stereocenters. The highest BCUT2D eigenvalue weighted by Gasteiger charge is 2.20. The van der Waals surface area contributed by atoms with Crippen molar-refractivity contribution >= 4 is 0 Å². The summed E-state index contributed by atoms with van der Waals surface area (Å²) in [6.07, 6.45) is 2.50. The molecule has 4 nitrogen and oxygen atoms in total. The number of H-pyrrole nitrogens is 1. The molecule has 1 unspecified atom stereocenters. The standard InChI is InChI=1S/C15H20N4/c1-11-9-15(18-17-11)14-7-3-6-13(16-14)12-5-4-8-19(2)10-12/h3,6-7,9,12H,4-5,8,10H2,1-2H3,(H,17,18). The Bertz CT molecular complexity index is 561. The highest BCUT2D eigenvalue weighted by molar-refractivity contribution is 5.54. The van der Waals surface area contributed by atoms with Crippen LogP contribution in [0.4, 0.5) is 0 Å². The summed E-state index contributed by atoms with van der Waals surface area (Å²) in [5, 5.41) is 7.26. The number of likely N-dealkylation sites (N-methyl/N-ethyl adjacent to an activating group) is 1. The van der Waals surface area contributed by atoms with Crippen molar-refractivity contribution in [3.63, 3.8) is 0 Å². The van der Waals surface area contributed by atoms with Crippen LogP contribution in [0.25, 0.3) is 11.4 Å². The number of nitrogens with one attached hydrogen (secondary N) is 1. The third-order valence-electron chi connectivity index (χ3n) is 3.78. The average Bonchev–Trinajstić information content (AvgIpc) is 2.86. The Labute approximate surface area is 113 Å². The van der Waals surface area contributed by atoms with Crippen LogP contribution in [0.2, 0.25) is 0 Å². The Morgan fingerprint density at radius 1 is 1.32 bits per heavy atom. The van der Waals surface area contributed by atoms with E-state index in [4.69, 9.17) is 4.98 Å². The maximum Gasteiger partial charge on any atom is 0.111 e. The molecular formula is C15H20N4. The number of rotatable bonds is 2. The maximum absolute atomic E-state index is 4.81. The Balaban J connectivity index is 1.87. The third kappa shape index (κ3) is 2.68. The zero-order valence-electron chi connectivity index (χ0n) is 11.6. The summed E-state index contributed by atoms with van der Waals surface area (Å²) < 4.78 is 0. The number of aromatic nitrogens is 3. The lowest BCUT2D eigenvalue weighted by Gasteiger charge is -2.29. The van der Waals surface area contributed by atoms with Gasteiger partial charge in [0.2, 0.25) is 0 Å². The van der Waals surface area contributed by atoms with E-state index in [0.717, 1.165) is 23.6 Å². The van der Waals surface area contributed by atoms with E-state index in [-0.39, 0.29) is 0 Å². The van der Waals surface area contributed by atoms with Crippen molar-refractivity contribution in [2.45, 2.75) is 25.7 Å². The van der Waals surface area contributed by atoms with E-state index < -0.39 is 0 Å². The van der Waals surface area contributed by atoms with Crippen LogP contribution in [0.5, 0.6) is 0 Å². The molecule has 1 N–H and O–H groups in total. The van der Waals surface area contributed by atoms with Crippen molar-refractivity contribution in [2.75, 3.05) is 20.1 Å². The van der Waals surface area contributed by atoms with Crippen molar-refractivity contribution in [1.82, 2.24) is 20.1 Å². The molecule has 0 aliphatic carbocycles. The molecular weight excluding hydrogens is 236 g/mol. The molecule has 0 spiro atoms. The van der Waals surface area contributed by atoms with Gasteiger partial charge in [-0.1, -0.05) is 6.07 Å². The van der Waals surface area contributed by atoms with Gasteiger partial charge in [0.1, 0.15) is 5.69 Å². The summed E-state index contributed by atoms with van der Waals surface area (Å²) in [4.78, 5) is 7.20. The molecule has 0 radical (unpaired) electrons. The van der Waals surface area contributed by atoms with Crippen LogP contribution in [0, 0.1) is 6.92 Å². The smallest absolute Gasteiger partial charge is 0.111 e. The number of aromatic amines is 1. The number of hydrogen-bond donors (Lipinski definition) is 1. The lowest BCUT2D eigenvalue weighted by Crippen LogP contribution is -2.31. The van der Waals surface area contributed by atoms with Gasteiger partial charge in [0.05, 0.1) is 5.69 Å². The van der Waals surface area contributed by atoms with Gasteiger partial charge < -0.3 is 4.90 Å². The highest BCUT2D eigenvalue weighted by atomic mass is 15.1. The summed E-state index contributed by atoms with van der Waals surface area (Å²) in [5.74, 6) is 0.554. The van der Waals surface area contributed by atoms with Crippen molar-refractivity contribution in [1.29, 1.82) is 0 Å². The Hall–Kier alpha value is -1.68. The van der Waals surface area contributed by atoms with Gasteiger partial charge in [-0.05, 0) is 51.6 Å². The van der Waals surface area contributed by atoms with Crippen molar-refractivity contribution in [3.05, 3.63) is 35.7 Å². The second-order valence-electron chi connectivity index (χ2n) is 5.49. The van der Waals surface area contributed by atoms with E-state index in [1.54, 1.807) is 0 Å². The van der Waals surface area contributed by atoms with Gasteiger partial charge >= 0.3 is 0 Å². The molecule has 1 saturated heterocycles. The van der Waals surface area contributed by atoms with Gasteiger partial charge in [0.25, 0.3) is 0 Å². The summed E-state index contributed by atoms with van der Waals surface area (Å²) in [6.45, 7) is 4.32. The summed E-state index contributed by atoms with van der Waals surface area (Å²) in [6, 6.07) is 8.31. The molecule has 3 heterocycles. The van der Waals surface area contributed by atoms with Crippen molar-refractivity contribution in [2.24, 2.45) is 0 Å². The fourth-order valence-corrected chi connectivity index (χ4v) is 2.78. The Morgan fingerprint density at radius 3 is 2.95 bits per heavy atom. The number of likely N-dealkylation sites (tertiary alicyclic amines) is 1. The van der Waals surface area contributed by atoms with Gasteiger partial charge in [-0.15, -0.1) is 0 Å². The molecule has 19 heavy (non-hydrogen) atoms. The highest BCUT2D eigenvalue weighted by Crippen LogP contribution is 2.26. The van der Waals surface area contributed by atoms with Crippen LogP contribution in [0.1, 0.15) is 30.1 Å².